The maximum Gasteiger partial charge on any atom is 0.181 e. The van der Waals surface area contributed by atoms with Crippen molar-refractivity contribution in [2.45, 2.75) is 19.8 Å². The van der Waals surface area contributed by atoms with Crippen LogP contribution in [0.15, 0.2) is 29.0 Å². The zero-order chi connectivity index (χ0) is 13.2. The van der Waals surface area contributed by atoms with Gasteiger partial charge in [-0.25, -0.2) is 9.97 Å². The van der Waals surface area contributed by atoms with E-state index in [-0.39, 0.29) is 0 Å². The third kappa shape index (κ3) is 2.23. The van der Waals surface area contributed by atoms with Crippen molar-refractivity contribution in [1.29, 1.82) is 5.26 Å². The van der Waals surface area contributed by atoms with Crippen LogP contribution in [0.2, 0.25) is 0 Å². The van der Waals surface area contributed by atoms with Crippen LogP contribution in [0.25, 0.3) is 22.4 Å². The number of hydrogen-bond donors (Lipinski definition) is 0. The molecule has 4 nitrogen and oxygen atoms in total. The first-order chi connectivity index (χ1) is 9.28. The summed E-state index contributed by atoms with van der Waals surface area (Å²) >= 11 is 1.65. The first kappa shape index (κ1) is 11.9. The molecular formula is C14H11N3OS. The van der Waals surface area contributed by atoms with Crippen molar-refractivity contribution < 1.29 is 4.42 Å². The molecule has 0 radical (unpaired) electrons. The van der Waals surface area contributed by atoms with Crippen LogP contribution in [0.4, 0.5) is 0 Å². The number of benzene rings is 1. The van der Waals surface area contributed by atoms with E-state index >= 15 is 0 Å². The van der Waals surface area contributed by atoms with Crippen molar-refractivity contribution in [3.8, 4) is 17.3 Å². The minimum Gasteiger partial charge on any atom is -0.443 e. The van der Waals surface area contributed by atoms with E-state index in [1.807, 2.05) is 25.1 Å². The summed E-state index contributed by atoms with van der Waals surface area (Å²) in [6, 6.07) is 8.04. The van der Waals surface area contributed by atoms with Gasteiger partial charge in [0.2, 0.25) is 0 Å². The smallest absolute Gasteiger partial charge is 0.181 e. The van der Waals surface area contributed by atoms with Gasteiger partial charge in [-0.2, -0.15) is 5.26 Å². The molecule has 0 saturated carbocycles. The summed E-state index contributed by atoms with van der Waals surface area (Å²) in [6.45, 7) is 2.05. The topological polar surface area (TPSA) is 62.7 Å². The Morgan fingerprint density at radius 3 is 3.16 bits per heavy atom. The van der Waals surface area contributed by atoms with Crippen molar-refractivity contribution in [1.82, 2.24) is 9.97 Å². The van der Waals surface area contributed by atoms with Gasteiger partial charge in [0, 0.05) is 23.3 Å². The highest BCUT2D eigenvalue weighted by Gasteiger charge is 2.11. The second-order valence-electron chi connectivity index (χ2n) is 4.21. The van der Waals surface area contributed by atoms with E-state index in [2.05, 4.69) is 16.0 Å². The summed E-state index contributed by atoms with van der Waals surface area (Å²) in [4.78, 5) is 9.87. The maximum atomic E-state index is 8.62. The molecule has 5 heteroatoms. The standard InChI is InChI=1S/C14H11N3OS/c1-9-14(17-13(19-9)3-2-6-15)10-4-5-11-12(7-10)18-8-16-11/h4-5,7-8H,2-3H2,1H3. The number of thiazole rings is 1. The van der Waals surface area contributed by atoms with E-state index in [0.29, 0.717) is 12.8 Å². The number of rotatable bonds is 3. The van der Waals surface area contributed by atoms with Gasteiger partial charge in [-0.3, -0.25) is 0 Å². The highest BCUT2D eigenvalue weighted by Crippen LogP contribution is 2.30. The molecule has 3 rings (SSSR count). The molecule has 0 bridgehead atoms. The number of aromatic nitrogens is 2. The molecule has 0 unspecified atom stereocenters. The molecule has 0 aliphatic rings. The summed E-state index contributed by atoms with van der Waals surface area (Å²) in [6.07, 6.45) is 2.67. The molecule has 0 amide bonds. The highest BCUT2D eigenvalue weighted by atomic mass is 32.1. The van der Waals surface area contributed by atoms with Gasteiger partial charge >= 0.3 is 0 Å². The minimum absolute atomic E-state index is 0.507. The largest absolute Gasteiger partial charge is 0.443 e. The second-order valence-corrected chi connectivity index (χ2v) is 5.49. The Bertz CT molecular complexity index is 766. The molecule has 1 aromatic carbocycles. The lowest BCUT2D eigenvalue weighted by Gasteiger charge is -1.97. The Balaban J connectivity index is 2.00. The average Bonchev–Trinajstić information content (AvgIpc) is 3.01. The Kier molecular flexibility index (Phi) is 3.02. The van der Waals surface area contributed by atoms with E-state index in [9.17, 15) is 0 Å². The predicted octanol–water partition coefficient (Wildman–Crippen LogP) is 3.72. The first-order valence-electron chi connectivity index (χ1n) is 5.95. The number of hydrogen-bond acceptors (Lipinski definition) is 5. The molecular weight excluding hydrogens is 258 g/mol. The second kappa shape index (κ2) is 4.82. The summed E-state index contributed by atoms with van der Waals surface area (Å²) in [5.41, 5.74) is 3.61. The van der Waals surface area contributed by atoms with Gasteiger partial charge in [0.1, 0.15) is 5.52 Å². The van der Waals surface area contributed by atoms with E-state index in [0.717, 1.165) is 32.2 Å². The number of nitrogens with zero attached hydrogens (tertiary/aromatic N) is 3. The summed E-state index contributed by atoms with van der Waals surface area (Å²) in [7, 11) is 0. The first-order valence-corrected chi connectivity index (χ1v) is 6.76. The van der Waals surface area contributed by atoms with Crippen molar-refractivity contribution in [3.63, 3.8) is 0 Å². The number of fused-ring (bicyclic) bond motifs is 1. The normalized spacial score (nSPS) is 10.7. The quantitative estimate of drug-likeness (QED) is 0.727. The number of nitriles is 1. The van der Waals surface area contributed by atoms with Gasteiger partial charge in [0.25, 0.3) is 0 Å². The Morgan fingerprint density at radius 2 is 2.32 bits per heavy atom. The molecule has 19 heavy (non-hydrogen) atoms. The zero-order valence-corrected chi connectivity index (χ0v) is 11.2. The van der Waals surface area contributed by atoms with Crippen LogP contribution in [-0.2, 0) is 6.42 Å². The van der Waals surface area contributed by atoms with Crippen molar-refractivity contribution in [3.05, 3.63) is 34.5 Å². The fourth-order valence-electron chi connectivity index (χ4n) is 1.99. The molecule has 94 valence electrons. The molecule has 2 aromatic heterocycles. The fourth-order valence-corrected chi connectivity index (χ4v) is 2.95. The molecule has 0 aliphatic carbocycles. The minimum atomic E-state index is 0.507. The maximum absolute atomic E-state index is 8.62. The molecule has 0 atom stereocenters. The number of oxazole rings is 1. The molecule has 0 saturated heterocycles. The molecule has 0 spiro atoms. The van der Waals surface area contributed by atoms with Gasteiger partial charge in [-0.15, -0.1) is 11.3 Å². The third-order valence-electron chi connectivity index (χ3n) is 2.90. The van der Waals surface area contributed by atoms with Crippen molar-refractivity contribution in [2.24, 2.45) is 0 Å². The summed E-state index contributed by atoms with van der Waals surface area (Å²) in [5.74, 6) is 0. The van der Waals surface area contributed by atoms with Crippen LogP contribution in [0.1, 0.15) is 16.3 Å². The molecule has 0 aliphatic heterocycles. The van der Waals surface area contributed by atoms with Gasteiger partial charge < -0.3 is 4.42 Å². The van der Waals surface area contributed by atoms with Crippen LogP contribution in [0, 0.1) is 18.3 Å². The molecule has 0 fully saturated rings. The molecule has 0 N–H and O–H groups in total. The van der Waals surface area contributed by atoms with Crippen molar-refractivity contribution in [2.75, 3.05) is 0 Å². The summed E-state index contributed by atoms with van der Waals surface area (Å²) in [5, 5.41) is 9.63. The lowest BCUT2D eigenvalue weighted by molar-refractivity contribution is 0.602. The zero-order valence-electron chi connectivity index (χ0n) is 10.4. The van der Waals surface area contributed by atoms with Gasteiger partial charge in [-0.1, -0.05) is 6.07 Å². The Labute approximate surface area is 114 Å². The fraction of sp³-hybridized carbons (Fsp3) is 0.214. The number of aryl methyl sites for hydroxylation is 2. The van der Waals surface area contributed by atoms with Crippen LogP contribution < -0.4 is 0 Å². The Morgan fingerprint density at radius 1 is 1.42 bits per heavy atom. The third-order valence-corrected chi connectivity index (χ3v) is 3.93. The lowest BCUT2D eigenvalue weighted by Crippen LogP contribution is -1.84. The highest BCUT2D eigenvalue weighted by molar-refractivity contribution is 7.12. The SMILES string of the molecule is Cc1sc(CCC#N)nc1-c1ccc2ncoc2c1. The van der Waals surface area contributed by atoms with Crippen LogP contribution in [-0.4, -0.2) is 9.97 Å². The lowest BCUT2D eigenvalue weighted by atomic mass is 10.1. The van der Waals surface area contributed by atoms with Crippen LogP contribution >= 0.6 is 11.3 Å². The molecule has 3 aromatic rings. The summed E-state index contributed by atoms with van der Waals surface area (Å²) < 4.78 is 5.31. The van der Waals surface area contributed by atoms with Gasteiger partial charge in [-0.05, 0) is 19.1 Å². The Hall–Kier alpha value is -2.19. The van der Waals surface area contributed by atoms with E-state index < -0.39 is 0 Å². The average molecular weight is 269 g/mol. The van der Waals surface area contributed by atoms with E-state index in [1.54, 1.807) is 11.3 Å². The van der Waals surface area contributed by atoms with Crippen LogP contribution in [0.3, 0.4) is 0 Å². The predicted molar refractivity (Wildman–Crippen MR) is 73.8 cm³/mol. The molecule has 2 heterocycles. The van der Waals surface area contributed by atoms with Crippen molar-refractivity contribution >= 4 is 22.4 Å². The van der Waals surface area contributed by atoms with Gasteiger partial charge in [0.15, 0.2) is 12.0 Å². The monoisotopic (exact) mass is 269 g/mol. The van der Waals surface area contributed by atoms with E-state index in [1.165, 1.54) is 6.39 Å². The van der Waals surface area contributed by atoms with Crippen LogP contribution in [0.5, 0.6) is 0 Å². The van der Waals surface area contributed by atoms with E-state index in [4.69, 9.17) is 9.68 Å². The van der Waals surface area contributed by atoms with Gasteiger partial charge in [0.05, 0.1) is 16.8 Å².